The summed E-state index contributed by atoms with van der Waals surface area (Å²) in [4.78, 5) is 30.0. The van der Waals surface area contributed by atoms with E-state index in [4.69, 9.17) is 11.5 Å². The van der Waals surface area contributed by atoms with Gasteiger partial charge in [-0.25, -0.2) is 4.79 Å². The molecule has 0 saturated heterocycles. The predicted molar refractivity (Wildman–Crippen MR) is 62.0 cm³/mol. The van der Waals surface area contributed by atoms with Crippen LogP contribution in [-0.4, -0.2) is 20.9 Å². The minimum Gasteiger partial charge on any atom is -0.383 e. The van der Waals surface area contributed by atoms with E-state index in [9.17, 15) is 9.59 Å². The fourth-order valence-electron chi connectivity index (χ4n) is 0.894. The zero-order valence-corrected chi connectivity index (χ0v) is 8.83. The molecule has 0 spiro atoms. The zero-order chi connectivity index (χ0) is 12.7. The molecule has 0 saturated carbocycles. The van der Waals surface area contributed by atoms with E-state index in [2.05, 4.69) is 15.0 Å². The van der Waals surface area contributed by atoms with E-state index in [1.165, 1.54) is 18.5 Å². The van der Waals surface area contributed by atoms with Gasteiger partial charge in [0.15, 0.2) is 0 Å². The number of hydrogen-bond donors (Lipinski definition) is 3. The van der Waals surface area contributed by atoms with Gasteiger partial charge in [0, 0.05) is 18.6 Å². The first kappa shape index (κ1) is 12.4. The Morgan fingerprint density at radius 1 is 1.35 bits per heavy atom. The molecule has 88 valence electrons. The Kier molecular flexibility index (Phi) is 4.37. The van der Waals surface area contributed by atoms with Gasteiger partial charge in [-0.1, -0.05) is 0 Å². The molecule has 17 heavy (non-hydrogen) atoms. The molecule has 1 amide bonds. The summed E-state index contributed by atoms with van der Waals surface area (Å²) in [6.07, 6.45) is 4.47. The van der Waals surface area contributed by atoms with Gasteiger partial charge in [-0.3, -0.25) is 9.78 Å². The van der Waals surface area contributed by atoms with Gasteiger partial charge in [0.25, 0.3) is 0 Å². The van der Waals surface area contributed by atoms with E-state index in [0.29, 0.717) is 5.56 Å². The van der Waals surface area contributed by atoms with Crippen LogP contribution in [0.5, 0.6) is 0 Å². The average Bonchev–Trinajstić information content (AvgIpc) is 2.30. The van der Waals surface area contributed by atoms with Gasteiger partial charge in [0.1, 0.15) is 5.82 Å². The Morgan fingerprint density at radius 2 is 2.12 bits per heavy atom. The fourth-order valence-corrected chi connectivity index (χ4v) is 0.894. The Balaban J connectivity index is 0.000000171. The van der Waals surface area contributed by atoms with Crippen molar-refractivity contribution in [3.8, 4) is 0 Å². The minimum atomic E-state index is -0.442. The number of aromatic amines is 1. The number of carbonyl (C=O) groups is 1. The minimum absolute atomic E-state index is 0.244. The van der Waals surface area contributed by atoms with Crippen LogP contribution in [0.1, 0.15) is 10.4 Å². The van der Waals surface area contributed by atoms with Crippen LogP contribution in [0, 0.1) is 0 Å². The van der Waals surface area contributed by atoms with Crippen LogP contribution < -0.4 is 17.2 Å². The van der Waals surface area contributed by atoms with Crippen molar-refractivity contribution in [3.63, 3.8) is 0 Å². The van der Waals surface area contributed by atoms with Gasteiger partial charge in [-0.2, -0.15) is 4.98 Å². The van der Waals surface area contributed by atoms with Crippen molar-refractivity contribution in [1.29, 1.82) is 0 Å². The standard InChI is InChI=1S/C6H6N2O.C4H5N3O/c7-6(9)5-2-1-3-8-4-5;5-3-1-2-6-4(8)7-3/h1-4H,(H2,7,9);1-2H,(H3,5,6,7,8). The van der Waals surface area contributed by atoms with Crippen LogP contribution in [0.2, 0.25) is 0 Å². The summed E-state index contributed by atoms with van der Waals surface area (Å²) in [6, 6.07) is 4.80. The average molecular weight is 233 g/mol. The molecule has 0 aromatic carbocycles. The van der Waals surface area contributed by atoms with Gasteiger partial charge in [0.05, 0.1) is 5.56 Å². The number of aromatic nitrogens is 3. The van der Waals surface area contributed by atoms with Crippen LogP contribution in [0.25, 0.3) is 0 Å². The maximum absolute atomic E-state index is 10.4. The molecule has 5 N–H and O–H groups in total. The van der Waals surface area contributed by atoms with E-state index in [1.54, 1.807) is 18.3 Å². The molecule has 2 aromatic heterocycles. The van der Waals surface area contributed by atoms with E-state index >= 15 is 0 Å². The van der Waals surface area contributed by atoms with Crippen molar-refractivity contribution in [2.45, 2.75) is 0 Å². The summed E-state index contributed by atoms with van der Waals surface area (Å²) < 4.78 is 0. The third-order valence-electron chi connectivity index (χ3n) is 1.64. The Bertz CT molecular complexity index is 538. The SMILES string of the molecule is NC(=O)c1cccnc1.Nc1cc[nH]c(=O)n1. The molecule has 0 aliphatic rings. The van der Waals surface area contributed by atoms with E-state index in [-0.39, 0.29) is 5.82 Å². The lowest BCUT2D eigenvalue weighted by atomic mass is 10.3. The Hall–Kier alpha value is -2.70. The molecule has 7 nitrogen and oxygen atoms in total. The highest BCUT2D eigenvalue weighted by Crippen LogP contribution is 1.91. The van der Waals surface area contributed by atoms with Crippen molar-refractivity contribution in [2.24, 2.45) is 5.73 Å². The lowest BCUT2D eigenvalue weighted by molar-refractivity contribution is 0.1000. The normalized spacial score (nSPS) is 8.94. The molecule has 0 bridgehead atoms. The lowest BCUT2D eigenvalue weighted by Gasteiger charge is -1.88. The maximum Gasteiger partial charge on any atom is 0.346 e. The lowest BCUT2D eigenvalue weighted by Crippen LogP contribution is -2.10. The van der Waals surface area contributed by atoms with Crippen LogP contribution in [-0.2, 0) is 0 Å². The van der Waals surface area contributed by atoms with Gasteiger partial charge in [-0.15, -0.1) is 0 Å². The highest BCUT2D eigenvalue weighted by Gasteiger charge is 1.94. The van der Waals surface area contributed by atoms with Crippen LogP contribution >= 0.6 is 0 Å². The second kappa shape index (κ2) is 6.01. The number of nitrogen functional groups attached to an aromatic ring is 1. The third kappa shape index (κ3) is 4.56. The van der Waals surface area contributed by atoms with Crippen molar-refractivity contribution >= 4 is 11.7 Å². The summed E-state index contributed by atoms with van der Waals surface area (Å²) in [5.74, 6) is -0.197. The summed E-state index contributed by atoms with van der Waals surface area (Å²) in [5, 5.41) is 0. The molecule has 0 aliphatic carbocycles. The first-order chi connectivity index (χ1) is 8.09. The molecular weight excluding hydrogens is 222 g/mol. The molecule has 7 heteroatoms. The van der Waals surface area contributed by atoms with Gasteiger partial charge in [0.2, 0.25) is 5.91 Å². The second-order valence-corrected chi connectivity index (χ2v) is 2.93. The Labute approximate surface area is 96.5 Å². The number of nitrogens with zero attached hydrogens (tertiary/aromatic N) is 2. The van der Waals surface area contributed by atoms with Crippen LogP contribution in [0.4, 0.5) is 5.82 Å². The van der Waals surface area contributed by atoms with E-state index in [0.717, 1.165) is 0 Å². The largest absolute Gasteiger partial charge is 0.383 e. The number of amides is 1. The van der Waals surface area contributed by atoms with E-state index < -0.39 is 11.6 Å². The quantitative estimate of drug-likeness (QED) is 0.613. The van der Waals surface area contributed by atoms with Crippen LogP contribution in [0.3, 0.4) is 0 Å². The fraction of sp³-hybridized carbons (Fsp3) is 0. The van der Waals surface area contributed by atoms with Crippen molar-refractivity contribution in [3.05, 3.63) is 52.8 Å². The molecule has 0 aliphatic heterocycles. The molecule has 0 fully saturated rings. The highest BCUT2D eigenvalue weighted by atomic mass is 16.1. The summed E-state index contributed by atoms with van der Waals surface area (Å²) >= 11 is 0. The van der Waals surface area contributed by atoms with Crippen molar-refractivity contribution in [1.82, 2.24) is 15.0 Å². The maximum atomic E-state index is 10.4. The van der Waals surface area contributed by atoms with Crippen LogP contribution in [0.15, 0.2) is 41.6 Å². The van der Waals surface area contributed by atoms with Crippen molar-refractivity contribution < 1.29 is 4.79 Å². The first-order valence-corrected chi connectivity index (χ1v) is 4.60. The third-order valence-corrected chi connectivity index (χ3v) is 1.64. The molecule has 0 atom stereocenters. The van der Waals surface area contributed by atoms with Crippen molar-refractivity contribution in [2.75, 3.05) is 5.73 Å². The number of hydrogen-bond acceptors (Lipinski definition) is 5. The molecule has 2 aromatic rings. The number of rotatable bonds is 1. The summed E-state index contributed by atoms with van der Waals surface area (Å²) in [6.45, 7) is 0. The summed E-state index contributed by atoms with van der Waals surface area (Å²) in [7, 11) is 0. The molecule has 2 rings (SSSR count). The number of anilines is 1. The predicted octanol–water partition coefficient (Wildman–Crippen LogP) is -0.467. The molecule has 0 unspecified atom stereocenters. The topological polar surface area (TPSA) is 128 Å². The van der Waals surface area contributed by atoms with Gasteiger partial charge < -0.3 is 16.5 Å². The smallest absolute Gasteiger partial charge is 0.346 e. The molecule has 2 heterocycles. The van der Waals surface area contributed by atoms with E-state index in [1.807, 2.05) is 0 Å². The number of nitrogens with one attached hydrogen (secondary N) is 1. The first-order valence-electron chi connectivity index (χ1n) is 4.60. The number of primary amides is 1. The number of pyridine rings is 1. The Morgan fingerprint density at radius 3 is 2.47 bits per heavy atom. The monoisotopic (exact) mass is 233 g/mol. The molecular formula is C10H11N5O2. The zero-order valence-electron chi connectivity index (χ0n) is 8.83. The number of nitrogens with two attached hydrogens (primary N) is 2. The number of H-pyrrole nitrogens is 1. The molecule has 0 radical (unpaired) electrons. The number of carbonyl (C=O) groups excluding carboxylic acids is 1. The van der Waals surface area contributed by atoms with Gasteiger partial charge >= 0.3 is 5.69 Å². The highest BCUT2D eigenvalue weighted by molar-refractivity contribution is 5.92. The summed E-state index contributed by atoms with van der Waals surface area (Å²) in [5.41, 5.74) is 10.1. The van der Waals surface area contributed by atoms with Gasteiger partial charge in [-0.05, 0) is 18.2 Å². The second-order valence-electron chi connectivity index (χ2n) is 2.93.